The minimum Gasteiger partial charge on any atom is -0.350 e. The largest absolute Gasteiger partial charge is 0.350 e. The van der Waals surface area contributed by atoms with E-state index in [1.54, 1.807) is 30.1 Å². The zero-order valence-corrected chi connectivity index (χ0v) is 19.9. The van der Waals surface area contributed by atoms with Crippen LogP contribution in [0.2, 0.25) is 0 Å². The molecule has 0 saturated carbocycles. The fraction of sp³-hybridized carbons (Fsp3) is 0.308. The summed E-state index contributed by atoms with van der Waals surface area (Å²) in [5.74, 6) is -0.887. The van der Waals surface area contributed by atoms with E-state index in [1.807, 2.05) is 45.0 Å². The highest BCUT2D eigenvalue weighted by Gasteiger charge is 2.30. The van der Waals surface area contributed by atoms with E-state index < -0.39 is 6.04 Å². The van der Waals surface area contributed by atoms with Crippen LogP contribution in [0.15, 0.2) is 42.5 Å². The van der Waals surface area contributed by atoms with Gasteiger partial charge in [-0.2, -0.15) is 0 Å². The van der Waals surface area contributed by atoms with Crippen molar-refractivity contribution in [3.05, 3.63) is 64.8 Å². The number of anilines is 1. The Kier molecular flexibility index (Phi) is 7.96. The van der Waals surface area contributed by atoms with E-state index in [0.717, 1.165) is 22.8 Å². The molecule has 2 aromatic carbocycles. The zero-order chi connectivity index (χ0) is 24.8. The normalized spacial score (nSPS) is 15.5. The number of rotatable bonds is 6. The van der Waals surface area contributed by atoms with Gasteiger partial charge in [-0.15, -0.1) is 0 Å². The van der Waals surface area contributed by atoms with Gasteiger partial charge in [0.05, 0.1) is 6.04 Å². The standard InChI is InChI=1S/C24H24N4O4.C2H6/c1-14-18-5-3-4-6-19(18)26-22(14)24(32)25-17-8-7-15(13-29)16(11-17)12-28(2)20-9-10-21(30)27-23(20)31;1-2/h3-8,11,13,20,26H,9-10,12H2,1-2H3,(H,25,32)(H,27,30,31);1-2H3. The van der Waals surface area contributed by atoms with Crippen molar-refractivity contribution in [3.63, 3.8) is 0 Å². The third-order valence-electron chi connectivity index (χ3n) is 5.88. The lowest BCUT2D eigenvalue weighted by atomic mass is 10.0. The summed E-state index contributed by atoms with van der Waals surface area (Å²) in [4.78, 5) is 53.0. The van der Waals surface area contributed by atoms with Gasteiger partial charge < -0.3 is 10.3 Å². The molecular formula is C26H30N4O4. The molecule has 1 saturated heterocycles. The van der Waals surface area contributed by atoms with Crippen molar-refractivity contribution < 1.29 is 19.2 Å². The molecule has 1 atom stereocenters. The second-order valence-corrected chi connectivity index (χ2v) is 8.04. The Balaban J connectivity index is 0.00000158. The maximum Gasteiger partial charge on any atom is 0.272 e. The van der Waals surface area contributed by atoms with E-state index in [9.17, 15) is 19.2 Å². The van der Waals surface area contributed by atoms with Crippen LogP contribution in [0, 0.1) is 6.92 Å². The summed E-state index contributed by atoms with van der Waals surface area (Å²) in [7, 11) is 1.77. The first-order valence-corrected chi connectivity index (χ1v) is 11.4. The Morgan fingerprint density at radius 3 is 2.59 bits per heavy atom. The number of aryl methyl sites for hydroxylation is 1. The van der Waals surface area contributed by atoms with Crippen molar-refractivity contribution >= 4 is 40.6 Å². The summed E-state index contributed by atoms with van der Waals surface area (Å²) < 4.78 is 0. The van der Waals surface area contributed by atoms with Crippen molar-refractivity contribution in [2.24, 2.45) is 0 Å². The monoisotopic (exact) mass is 462 g/mol. The number of imide groups is 1. The first kappa shape index (κ1) is 24.9. The van der Waals surface area contributed by atoms with Gasteiger partial charge in [0.25, 0.3) is 5.91 Å². The lowest BCUT2D eigenvalue weighted by Crippen LogP contribution is -2.51. The van der Waals surface area contributed by atoms with Crippen molar-refractivity contribution in [1.82, 2.24) is 15.2 Å². The van der Waals surface area contributed by atoms with Crippen LogP contribution in [0.25, 0.3) is 10.9 Å². The maximum atomic E-state index is 12.9. The van der Waals surface area contributed by atoms with E-state index in [-0.39, 0.29) is 24.1 Å². The van der Waals surface area contributed by atoms with Crippen molar-refractivity contribution in [2.45, 2.75) is 46.2 Å². The molecule has 1 aliphatic rings. The van der Waals surface area contributed by atoms with Crippen LogP contribution in [-0.2, 0) is 16.1 Å². The Labute approximate surface area is 198 Å². The van der Waals surface area contributed by atoms with Crippen molar-refractivity contribution in [3.8, 4) is 0 Å². The summed E-state index contributed by atoms with van der Waals surface area (Å²) in [6.07, 6.45) is 1.45. The Hall–Kier alpha value is -3.78. The van der Waals surface area contributed by atoms with Crippen LogP contribution >= 0.6 is 0 Å². The fourth-order valence-corrected chi connectivity index (χ4v) is 4.12. The average molecular weight is 463 g/mol. The van der Waals surface area contributed by atoms with Gasteiger partial charge in [-0.25, -0.2) is 0 Å². The number of nitrogens with one attached hydrogen (secondary N) is 3. The number of hydrogen-bond donors (Lipinski definition) is 3. The summed E-state index contributed by atoms with van der Waals surface area (Å²) in [6.45, 7) is 6.21. The SMILES string of the molecule is CC.Cc1c(C(=O)Nc2ccc(C=O)c(CN(C)C3CCC(=O)NC3=O)c2)[nH]c2ccccc12. The fourth-order valence-electron chi connectivity index (χ4n) is 4.12. The third kappa shape index (κ3) is 5.23. The number of hydrogen-bond acceptors (Lipinski definition) is 5. The molecule has 3 amide bonds. The molecule has 3 N–H and O–H groups in total. The predicted molar refractivity (Wildman–Crippen MR) is 132 cm³/mol. The molecule has 1 unspecified atom stereocenters. The lowest BCUT2D eigenvalue weighted by molar-refractivity contribution is -0.137. The summed E-state index contributed by atoms with van der Waals surface area (Å²) >= 11 is 0. The lowest BCUT2D eigenvalue weighted by Gasteiger charge is -2.30. The topological polar surface area (TPSA) is 111 Å². The molecule has 0 aliphatic carbocycles. The molecule has 0 bridgehead atoms. The first-order valence-electron chi connectivity index (χ1n) is 11.4. The Morgan fingerprint density at radius 2 is 1.91 bits per heavy atom. The molecule has 178 valence electrons. The van der Waals surface area contributed by atoms with Crippen molar-refractivity contribution in [1.29, 1.82) is 0 Å². The van der Waals surface area contributed by atoms with Crippen molar-refractivity contribution in [2.75, 3.05) is 12.4 Å². The second kappa shape index (κ2) is 10.9. The number of carbonyl (C=O) groups is 4. The number of aromatic amines is 1. The molecule has 4 rings (SSSR count). The van der Waals surface area contributed by atoms with Crippen LogP contribution in [0.5, 0.6) is 0 Å². The molecule has 1 aromatic heterocycles. The van der Waals surface area contributed by atoms with E-state index in [0.29, 0.717) is 35.5 Å². The van der Waals surface area contributed by atoms with Gasteiger partial charge in [-0.1, -0.05) is 32.0 Å². The van der Waals surface area contributed by atoms with Crippen LogP contribution in [0.3, 0.4) is 0 Å². The molecule has 2 heterocycles. The van der Waals surface area contributed by atoms with Crippen LogP contribution in [0.4, 0.5) is 5.69 Å². The number of piperidine rings is 1. The van der Waals surface area contributed by atoms with Gasteiger partial charge in [-0.3, -0.25) is 29.4 Å². The average Bonchev–Trinajstić information content (AvgIpc) is 3.17. The first-order chi connectivity index (χ1) is 16.4. The number of nitrogens with zero attached hydrogens (tertiary/aromatic N) is 1. The molecule has 0 radical (unpaired) electrons. The predicted octanol–water partition coefficient (Wildman–Crippen LogP) is 3.80. The molecule has 3 aromatic rings. The van der Waals surface area contributed by atoms with Gasteiger partial charge >= 0.3 is 0 Å². The number of carbonyl (C=O) groups excluding carboxylic acids is 4. The highest BCUT2D eigenvalue weighted by Crippen LogP contribution is 2.24. The minimum atomic E-state index is -0.459. The molecule has 34 heavy (non-hydrogen) atoms. The summed E-state index contributed by atoms with van der Waals surface area (Å²) in [5, 5.41) is 6.22. The quantitative estimate of drug-likeness (QED) is 0.381. The smallest absolute Gasteiger partial charge is 0.272 e. The summed E-state index contributed by atoms with van der Waals surface area (Å²) in [6, 6.07) is 12.3. The number of aldehydes is 1. The molecule has 0 spiro atoms. The highest BCUT2D eigenvalue weighted by atomic mass is 16.2. The van der Waals surface area contributed by atoms with Crippen LogP contribution in [-0.4, -0.2) is 47.0 Å². The number of likely N-dealkylation sites (N-methyl/N-ethyl adjacent to an activating group) is 1. The second-order valence-electron chi connectivity index (χ2n) is 8.04. The highest BCUT2D eigenvalue weighted by molar-refractivity contribution is 6.08. The van der Waals surface area contributed by atoms with Gasteiger partial charge in [0.2, 0.25) is 11.8 Å². The van der Waals surface area contributed by atoms with Crippen LogP contribution < -0.4 is 10.6 Å². The Bertz CT molecular complexity index is 1230. The molecular weight excluding hydrogens is 432 g/mol. The van der Waals surface area contributed by atoms with Crippen LogP contribution in [0.1, 0.15) is 58.7 Å². The number of amides is 3. The minimum absolute atomic E-state index is 0.273. The number of benzene rings is 2. The number of para-hydroxylation sites is 1. The Morgan fingerprint density at radius 1 is 1.18 bits per heavy atom. The molecule has 8 heteroatoms. The van der Waals surface area contributed by atoms with E-state index in [1.165, 1.54) is 0 Å². The van der Waals surface area contributed by atoms with E-state index in [2.05, 4.69) is 15.6 Å². The number of aromatic nitrogens is 1. The van der Waals surface area contributed by atoms with Gasteiger partial charge in [0, 0.05) is 35.1 Å². The third-order valence-corrected chi connectivity index (χ3v) is 5.88. The number of fused-ring (bicyclic) bond motifs is 1. The summed E-state index contributed by atoms with van der Waals surface area (Å²) in [5.41, 5.74) is 3.93. The van der Waals surface area contributed by atoms with Gasteiger partial charge in [0.15, 0.2) is 0 Å². The molecule has 8 nitrogen and oxygen atoms in total. The number of H-pyrrole nitrogens is 1. The maximum absolute atomic E-state index is 12.9. The van der Waals surface area contributed by atoms with E-state index >= 15 is 0 Å². The molecule has 1 fully saturated rings. The van der Waals surface area contributed by atoms with E-state index in [4.69, 9.17) is 0 Å². The van der Waals surface area contributed by atoms with Gasteiger partial charge in [0.1, 0.15) is 12.0 Å². The van der Waals surface area contributed by atoms with Gasteiger partial charge in [-0.05, 0) is 55.8 Å². The molecule has 1 aliphatic heterocycles. The zero-order valence-electron chi connectivity index (χ0n) is 19.9.